The topological polar surface area (TPSA) is 60.4 Å². The van der Waals surface area contributed by atoms with Gasteiger partial charge >= 0.3 is 5.97 Å². The van der Waals surface area contributed by atoms with E-state index >= 15 is 0 Å². The van der Waals surface area contributed by atoms with Crippen molar-refractivity contribution >= 4 is 39.7 Å². The smallest absolute Gasteiger partial charge is 0.319 e. The first-order valence-electron chi connectivity index (χ1n) is 5.94. The molecule has 0 aliphatic carbocycles. The first kappa shape index (κ1) is 17.5. The van der Waals surface area contributed by atoms with E-state index in [0.717, 1.165) is 36.4 Å². The monoisotopic (exact) mass is 292 g/mol. The Balaban J connectivity index is 4.15. The third kappa shape index (κ3) is 9.53. The summed E-state index contributed by atoms with van der Waals surface area (Å²) in [7, 11) is 0. The Hall–Kier alpha value is -0.490. The highest BCUT2D eigenvalue weighted by Gasteiger charge is 2.22. The quantitative estimate of drug-likeness (QED) is 0.506. The molecule has 0 aliphatic heterocycles. The molecular formula is C12H20O4S2. The molecule has 0 rings (SSSR count). The molecule has 0 radical (unpaired) electrons. The molecule has 1 unspecified atom stereocenters. The van der Waals surface area contributed by atoms with Gasteiger partial charge in [-0.2, -0.15) is 0 Å². The third-order valence-electron chi connectivity index (χ3n) is 2.00. The van der Waals surface area contributed by atoms with Gasteiger partial charge in [-0.25, -0.2) is 0 Å². The summed E-state index contributed by atoms with van der Waals surface area (Å²) in [4.78, 5) is 33.6. The average Bonchev–Trinajstić information content (AvgIpc) is 2.27. The second-order valence-corrected chi connectivity index (χ2v) is 6.40. The summed E-state index contributed by atoms with van der Waals surface area (Å²) in [5.41, 5.74) is 0. The second kappa shape index (κ2) is 10.4. The Labute approximate surface area is 117 Å². The van der Waals surface area contributed by atoms with Gasteiger partial charge in [-0.1, -0.05) is 36.9 Å². The molecule has 104 valence electrons. The molecule has 1 atom stereocenters. The van der Waals surface area contributed by atoms with Gasteiger partial charge in [-0.05, 0) is 12.8 Å². The van der Waals surface area contributed by atoms with Gasteiger partial charge in [0.2, 0.25) is 0 Å². The van der Waals surface area contributed by atoms with Crippen molar-refractivity contribution in [2.24, 2.45) is 0 Å². The summed E-state index contributed by atoms with van der Waals surface area (Å²) in [6.07, 6.45) is 2.25. The first-order valence-corrected chi connectivity index (χ1v) is 7.81. The van der Waals surface area contributed by atoms with Crippen LogP contribution in [0.3, 0.4) is 0 Å². The molecule has 0 aromatic heterocycles. The molecule has 0 saturated carbocycles. The number of rotatable bonds is 8. The molecular weight excluding hydrogens is 272 g/mol. The summed E-state index contributed by atoms with van der Waals surface area (Å²) >= 11 is 2.14. The van der Waals surface area contributed by atoms with Crippen LogP contribution in [-0.4, -0.2) is 33.8 Å². The van der Waals surface area contributed by atoms with Crippen LogP contribution in [0.15, 0.2) is 0 Å². The van der Waals surface area contributed by atoms with E-state index in [0.29, 0.717) is 18.8 Å². The van der Waals surface area contributed by atoms with Crippen molar-refractivity contribution < 1.29 is 19.1 Å². The van der Waals surface area contributed by atoms with Crippen LogP contribution in [-0.2, 0) is 19.1 Å². The van der Waals surface area contributed by atoms with Crippen LogP contribution in [0, 0.1) is 0 Å². The number of hydrogen-bond acceptors (Lipinski definition) is 6. The number of esters is 1. The van der Waals surface area contributed by atoms with E-state index in [1.54, 1.807) is 0 Å². The highest BCUT2D eigenvalue weighted by molar-refractivity contribution is 8.15. The van der Waals surface area contributed by atoms with E-state index in [1.165, 1.54) is 13.8 Å². The van der Waals surface area contributed by atoms with Crippen molar-refractivity contribution in [1.82, 2.24) is 0 Å². The molecule has 0 aliphatic rings. The maximum atomic E-state index is 11.7. The third-order valence-corrected chi connectivity index (χ3v) is 3.89. The highest BCUT2D eigenvalue weighted by Crippen LogP contribution is 2.20. The van der Waals surface area contributed by atoms with Gasteiger partial charge in [0.25, 0.3) is 0 Å². The minimum Gasteiger partial charge on any atom is -0.465 e. The summed E-state index contributed by atoms with van der Waals surface area (Å²) in [6, 6.07) is 0. The van der Waals surface area contributed by atoms with Crippen LogP contribution in [0.25, 0.3) is 0 Å². The van der Waals surface area contributed by atoms with Crippen molar-refractivity contribution in [3.8, 4) is 0 Å². The fourth-order valence-electron chi connectivity index (χ4n) is 1.14. The fourth-order valence-corrected chi connectivity index (χ4v) is 2.74. The minimum atomic E-state index is -0.494. The summed E-state index contributed by atoms with van der Waals surface area (Å²) in [5.74, 6) is 0.177. The zero-order chi connectivity index (χ0) is 14.0. The van der Waals surface area contributed by atoms with Gasteiger partial charge in [0.15, 0.2) is 10.2 Å². The highest BCUT2D eigenvalue weighted by atomic mass is 32.2. The molecule has 0 amide bonds. The predicted octanol–water partition coefficient (Wildman–Crippen LogP) is 2.65. The van der Waals surface area contributed by atoms with Crippen LogP contribution < -0.4 is 0 Å². The Bertz CT molecular complexity index is 292. The van der Waals surface area contributed by atoms with Crippen molar-refractivity contribution in [3.63, 3.8) is 0 Å². The maximum absolute atomic E-state index is 11.7. The summed E-state index contributed by atoms with van der Waals surface area (Å²) in [6.45, 7) is 5.32. The molecule has 0 fully saturated rings. The molecule has 0 saturated heterocycles. The normalized spacial score (nSPS) is 11.9. The van der Waals surface area contributed by atoms with Gasteiger partial charge in [0, 0.05) is 19.6 Å². The Morgan fingerprint density at radius 2 is 1.83 bits per heavy atom. The average molecular weight is 292 g/mol. The number of thioether (sulfide) groups is 2. The van der Waals surface area contributed by atoms with Crippen LogP contribution in [0.4, 0.5) is 0 Å². The van der Waals surface area contributed by atoms with E-state index in [-0.39, 0.29) is 16.2 Å². The van der Waals surface area contributed by atoms with Crippen LogP contribution in [0.1, 0.15) is 40.0 Å². The molecule has 0 aromatic rings. The Kier molecular flexibility index (Phi) is 10.2. The zero-order valence-corrected chi connectivity index (χ0v) is 12.7. The standard InChI is InChI=1S/C12H20O4S2/c1-4-5-7-16-12(15)11(18-10(3)14)6-8-17-9(2)13/h11H,4-8H2,1-3H3. The van der Waals surface area contributed by atoms with E-state index in [2.05, 4.69) is 0 Å². The second-order valence-electron chi connectivity index (χ2n) is 3.75. The van der Waals surface area contributed by atoms with Crippen molar-refractivity contribution in [3.05, 3.63) is 0 Å². The minimum absolute atomic E-state index is 0.0147. The lowest BCUT2D eigenvalue weighted by molar-refractivity contribution is -0.143. The number of ether oxygens (including phenoxy) is 1. The van der Waals surface area contributed by atoms with Gasteiger partial charge in [0.1, 0.15) is 5.25 Å². The van der Waals surface area contributed by atoms with Crippen LogP contribution in [0.2, 0.25) is 0 Å². The van der Waals surface area contributed by atoms with Gasteiger partial charge < -0.3 is 4.74 Å². The molecule has 0 heterocycles. The van der Waals surface area contributed by atoms with Crippen molar-refractivity contribution in [2.75, 3.05) is 12.4 Å². The Morgan fingerprint density at radius 1 is 1.17 bits per heavy atom. The fraction of sp³-hybridized carbons (Fsp3) is 0.750. The molecule has 4 nitrogen and oxygen atoms in total. The summed E-state index contributed by atoms with van der Waals surface area (Å²) in [5, 5.41) is -0.590. The first-order chi connectivity index (χ1) is 8.47. The van der Waals surface area contributed by atoms with E-state index < -0.39 is 5.25 Å². The van der Waals surface area contributed by atoms with Crippen LogP contribution >= 0.6 is 23.5 Å². The van der Waals surface area contributed by atoms with Crippen molar-refractivity contribution in [2.45, 2.75) is 45.3 Å². The lowest BCUT2D eigenvalue weighted by Crippen LogP contribution is -2.23. The molecule has 0 bridgehead atoms. The van der Waals surface area contributed by atoms with Crippen LogP contribution in [0.5, 0.6) is 0 Å². The van der Waals surface area contributed by atoms with E-state index in [4.69, 9.17) is 4.74 Å². The van der Waals surface area contributed by atoms with Gasteiger partial charge in [-0.15, -0.1) is 0 Å². The lowest BCUT2D eigenvalue weighted by Gasteiger charge is -2.13. The molecule has 18 heavy (non-hydrogen) atoms. The molecule has 0 N–H and O–H groups in total. The predicted molar refractivity (Wildman–Crippen MR) is 75.7 cm³/mol. The SMILES string of the molecule is CCCCOC(=O)C(CCSC(C)=O)SC(C)=O. The number of carbonyl (C=O) groups is 3. The summed E-state index contributed by atoms with van der Waals surface area (Å²) < 4.78 is 5.10. The molecule has 0 aromatic carbocycles. The number of unbranched alkanes of at least 4 members (excludes halogenated alkanes) is 1. The number of carbonyl (C=O) groups excluding carboxylic acids is 3. The Morgan fingerprint density at radius 3 is 2.33 bits per heavy atom. The van der Waals surface area contributed by atoms with Gasteiger partial charge in [0.05, 0.1) is 6.61 Å². The molecule has 6 heteroatoms. The van der Waals surface area contributed by atoms with E-state index in [9.17, 15) is 14.4 Å². The zero-order valence-electron chi connectivity index (χ0n) is 11.1. The largest absolute Gasteiger partial charge is 0.465 e. The molecule has 0 spiro atoms. The lowest BCUT2D eigenvalue weighted by atomic mass is 10.3. The maximum Gasteiger partial charge on any atom is 0.319 e. The number of hydrogen-bond donors (Lipinski definition) is 0. The van der Waals surface area contributed by atoms with Crippen molar-refractivity contribution in [1.29, 1.82) is 0 Å². The van der Waals surface area contributed by atoms with E-state index in [1.807, 2.05) is 6.92 Å². The van der Waals surface area contributed by atoms with Gasteiger partial charge in [-0.3, -0.25) is 14.4 Å².